The summed E-state index contributed by atoms with van der Waals surface area (Å²) in [6, 6.07) is 1.98. The molecule has 7 nitrogen and oxygen atoms in total. The summed E-state index contributed by atoms with van der Waals surface area (Å²) in [5, 5.41) is 0. The molecule has 0 atom stereocenters. The van der Waals surface area contributed by atoms with Crippen LogP contribution in [-0.4, -0.2) is 60.3 Å². The Kier molecular flexibility index (Phi) is 6.82. The van der Waals surface area contributed by atoms with Gasteiger partial charge in [-0.2, -0.15) is 0 Å². The Morgan fingerprint density at radius 1 is 1.22 bits per heavy atom. The van der Waals surface area contributed by atoms with Gasteiger partial charge in [0.1, 0.15) is 11.4 Å². The standard InChI is InChI=1S/C20H29N3O4/c1-6-26-17(24)8-7-16-13-15(2)18(21-14-16)22-9-11-23(12-10-22)19(25)27-20(3,4)5/h7-8,13-14H,6,9-12H2,1-5H3. The van der Waals surface area contributed by atoms with Crippen LogP contribution < -0.4 is 4.90 Å². The molecule has 1 aliphatic heterocycles. The summed E-state index contributed by atoms with van der Waals surface area (Å²) in [7, 11) is 0. The number of esters is 1. The first kappa shape index (κ1) is 20.7. The van der Waals surface area contributed by atoms with E-state index in [0.717, 1.165) is 16.9 Å². The average molecular weight is 375 g/mol. The van der Waals surface area contributed by atoms with Gasteiger partial charge in [-0.25, -0.2) is 14.6 Å². The van der Waals surface area contributed by atoms with Crippen molar-refractivity contribution in [1.29, 1.82) is 0 Å². The zero-order valence-electron chi connectivity index (χ0n) is 16.8. The lowest BCUT2D eigenvalue weighted by Crippen LogP contribution is -2.50. The van der Waals surface area contributed by atoms with E-state index in [0.29, 0.717) is 32.8 Å². The molecule has 0 aliphatic carbocycles. The highest BCUT2D eigenvalue weighted by Gasteiger charge is 2.26. The fraction of sp³-hybridized carbons (Fsp3) is 0.550. The molecule has 148 valence electrons. The first-order valence-electron chi connectivity index (χ1n) is 9.24. The molecule has 0 unspecified atom stereocenters. The van der Waals surface area contributed by atoms with Gasteiger partial charge in [-0.3, -0.25) is 0 Å². The number of amides is 1. The van der Waals surface area contributed by atoms with Gasteiger partial charge in [0.15, 0.2) is 0 Å². The molecule has 1 saturated heterocycles. The monoisotopic (exact) mass is 375 g/mol. The summed E-state index contributed by atoms with van der Waals surface area (Å²) in [4.78, 5) is 32.0. The molecular weight excluding hydrogens is 346 g/mol. The largest absolute Gasteiger partial charge is 0.463 e. The van der Waals surface area contributed by atoms with Crippen molar-refractivity contribution in [2.75, 3.05) is 37.7 Å². The number of ether oxygens (including phenoxy) is 2. The minimum Gasteiger partial charge on any atom is -0.463 e. The van der Waals surface area contributed by atoms with Crippen LogP contribution in [0.15, 0.2) is 18.3 Å². The molecule has 0 radical (unpaired) electrons. The summed E-state index contributed by atoms with van der Waals surface area (Å²) in [6.07, 6.45) is 4.56. The first-order chi connectivity index (χ1) is 12.7. The first-order valence-corrected chi connectivity index (χ1v) is 9.24. The van der Waals surface area contributed by atoms with Gasteiger partial charge in [-0.05, 0) is 57.9 Å². The molecule has 0 aromatic carbocycles. The van der Waals surface area contributed by atoms with E-state index in [2.05, 4.69) is 9.88 Å². The number of hydrogen-bond donors (Lipinski definition) is 0. The molecule has 1 aromatic heterocycles. The van der Waals surface area contributed by atoms with E-state index < -0.39 is 5.60 Å². The van der Waals surface area contributed by atoms with E-state index in [9.17, 15) is 9.59 Å². The van der Waals surface area contributed by atoms with Gasteiger partial charge in [0.25, 0.3) is 0 Å². The van der Waals surface area contributed by atoms with Crippen LogP contribution in [0, 0.1) is 6.92 Å². The van der Waals surface area contributed by atoms with Crippen molar-refractivity contribution >= 4 is 24.0 Å². The lowest BCUT2D eigenvalue weighted by atomic mass is 10.1. The SMILES string of the molecule is CCOC(=O)C=Cc1cnc(N2CCN(C(=O)OC(C)(C)C)CC2)c(C)c1. The van der Waals surface area contributed by atoms with Crippen LogP contribution in [0.5, 0.6) is 0 Å². The van der Waals surface area contributed by atoms with Crippen molar-refractivity contribution < 1.29 is 19.1 Å². The number of hydrogen-bond acceptors (Lipinski definition) is 6. The number of aromatic nitrogens is 1. The number of pyridine rings is 1. The van der Waals surface area contributed by atoms with Crippen molar-refractivity contribution in [3.63, 3.8) is 0 Å². The highest BCUT2D eigenvalue weighted by atomic mass is 16.6. The fourth-order valence-corrected chi connectivity index (χ4v) is 2.79. The number of rotatable bonds is 4. The van der Waals surface area contributed by atoms with E-state index in [1.807, 2.05) is 33.8 Å². The predicted molar refractivity (Wildman–Crippen MR) is 105 cm³/mol. The van der Waals surface area contributed by atoms with Crippen LogP contribution in [-0.2, 0) is 14.3 Å². The number of anilines is 1. The summed E-state index contributed by atoms with van der Waals surface area (Å²) in [5.41, 5.74) is 1.38. The Balaban J connectivity index is 1.96. The van der Waals surface area contributed by atoms with Gasteiger partial charge in [0.2, 0.25) is 0 Å². The molecule has 1 aliphatic rings. The highest BCUT2D eigenvalue weighted by Crippen LogP contribution is 2.21. The molecule has 2 rings (SSSR count). The minimum absolute atomic E-state index is 0.272. The maximum Gasteiger partial charge on any atom is 0.410 e. The number of nitrogens with zero attached hydrogens (tertiary/aromatic N) is 3. The Hall–Kier alpha value is -2.57. The third kappa shape index (κ3) is 6.27. The second kappa shape index (κ2) is 8.88. The molecule has 27 heavy (non-hydrogen) atoms. The van der Waals surface area contributed by atoms with Crippen molar-refractivity contribution in [2.24, 2.45) is 0 Å². The molecule has 1 amide bonds. The van der Waals surface area contributed by atoms with E-state index in [1.165, 1.54) is 6.08 Å². The molecule has 1 fully saturated rings. The third-order valence-corrected chi connectivity index (χ3v) is 4.00. The zero-order chi connectivity index (χ0) is 20.0. The molecule has 0 bridgehead atoms. The predicted octanol–water partition coefficient (Wildman–Crippen LogP) is 3.02. The van der Waals surface area contributed by atoms with E-state index >= 15 is 0 Å². The van der Waals surface area contributed by atoms with Gasteiger partial charge in [0, 0.05) is 38.5 Å². The maximum atomic E-state index is 12.2. The summed E-state index contributed by atoms with van der Waals surface area (Å²) >= 11 is 0. The van der Waals surface area contributed by atoms with Crippen LogP contribution in [0.4, 0.5) is 10.6 Å². The lowest BCUT2D eigenvalue weighted by molar-refractivity contribution is -0.137. The van der Waals surface area contributed by atoms with Gasteiger partial charge < -0.3 is 19.3 Å². The van der Waals surface area contributed by atoms with Crippen LogP contribution in [0.25, 0.3) is 6.08 Å². The smallest absolute Gasteiger partial charge is 0.410 e. The molecule has 0 N–H and O–H groups in total. The van der Waals surface area contributed by atoms with Crippen LogP contribution >= 0.6 is 0 Å². The summed E-state index contributed by atoms with van der Waals surface area (Å²) < 4.78 is 10.3. The maximum absolute atomic E-state index is 12.2. The molecule has 0 spiro atoms. The second-order valence-corrected chi connectivity index (χ2v) is 7.45. The Bertz CT molecular complexity index is 702. The molecule has 7 heteroatoms. The normalized spacial score (nSPS) is 15.1. The second-order valence-electron chi connectivity index (χ2n) is 7.45. The van der Waals surface area contributed by atoms with E-state index in [1.54, 1.807) is 24.1 Å². The number of carbonyl (C=O) groups excluding carboxylic acids is 2. The molecule has 0 saturated carbocycles. The Morgan fingerprint density at radius 3 is 2.44 bits per heavy atom. The molecule has 2 heterocycles. The summed E-state index contributed by atoms with van der Waals surface area (Å²) in [5.74, 6) is 0.532. The van der Waals surface area contributed by atoms with Gasteiger partial charge >= 0.3 is 12.1 Å². The van der Waals surface area contributed by atoms with Gasteiger partial charge in [-0.1, -0.05) is 0 Å². The third-order valence-electron chi connectivity index (χ3n) is 4.00. The zero-order valence-corrected chi connectivity index (χ0v) is 16.8. The minimum atomic E-state index is -0.487. The van der Waals surface area contributed by atoms with Crippen LogP contribution in [0.1, 0.15) is 38.8 Å². The van der Waals surface area contributed by atoms with Crippen molar-refractivity contribution in [3.8, 4) is 0 Å². The van der Waals surface area contributed by atoms with E-state index in [4.69, 9.17) is 9.47 Å². The number of piperazine rings is 1. The molecular formula is C20H29N3O4. The fourth-order valence-electron chi connectivity index (χ4n) is 2.79. The summed E-state index contributed by atoms with van der Waals surface area (Å²) in [6.45, 7) is 12.3. The van der Waals surface area contributed by atoms with Crippen LogP contribution in [0.2, 0.25) is 0 Å². The van der Waals surface area contributed by atoms with E-state index in [-0.39, 0.29) is 12.1 Å². The highest BCUT2D eigenvalue weighted by molar-refractivity contribution is 5.87. The number of carbonyl (C=O) groups is 2. The van der Waals surface area contributed by atoms with Crippen LogP contribution in [0.3, 0.4) is 0 Å². The Morgan fingerprint density at radius 2 is 1.89 bits per heavy atom. The quantitative estimate of drug-likeness (QED) is 0.595. The van der Waals surface area contributed by atoms with Crippen molar-refractivity contribution in [1.82, 2.24) is 9.88 Å². The molecule has 1 aromatic rings. The number of aryl methyl sites for hydroxylation is 1. The Labute approximate surface area is 160 Å². The van der Waals surface area contributed by atoms with Crippen molar-refractivity contribution in [2.45, 2.75) is 40.2 Å². The topological polar surface area (TPSA) is 72.0 Å². The average Bonchev–Trinajstić information content (AvgIpc) is 2.59. The lowest BCUT2D eigenvalue weighted by Gasteiger charge is -2.36. The van der Waals surface area contributed by atoms with Gasteiger partial charge in [0.05, 0.1) is 6.61 Å². The van der Waals surface area contributed by atoms with Crippen molar-refractivity contribution in [3.05, 3.63) is 29.5 Å². The van der Waals surface area contributed by atoms with Gasteiger partial charge in [-0.15, -0.1) is 0 Å².